The molecule has 1 aliphatic heterocycles. The maximum Gasteiger partial charge on any atom is 0.251 e. The van der Waals surface area contributed by atoms with Crippen molar-refractivity contribution in [3.8, 4) is 5.75 Å². The Morgan fingerprint density at radius 3 is 2.85 bits per heavy atom. The number of hydrogen-bond donors (Lipinski definition) is 1. The summed E-state index contributed by atoms with van der Waals surface area (Å²) in [6.45, 7) is 5.48. The number of carbonyl (C=O) groups excluding carboxylic acids is 1. The van der Waals surface area contributed by atoms with Crippen LogP contribution in [0.4, 0.5) is 0 Å². The van der Waals surface area contributed by atoms with E-state index in [2.05, 4.69) is 19.2 Å². The van der Waals surface area contributed by atoms with E-state index in [1.54, 1.807) is 6.07 Å². The largest absolute Gasteiger partial charge is 0.493 e. The fourth-order valence-electron chi connectivity index (χ4n) is 2.59. The van der Waals surface area contributed by atoms with Crippen molar-refractivity contribution < 1.29 is 9.53 Å². The van der Waals surface area contributed by atoms with Gasteiger partial charge in [-0.1, -0.05) is 26.7 Å². The van der Waals surface area contributed by atoms with Crippen molar-refractivity contribution in [2.24, 2.45) is 5.92 Å². The molecule has 1 aliphatic rings. The zero-order chi connectivity index (χ0) is 14.5. The normalized spacial score (nSPS) is 14.8. The number of benzene rings is 1. The minimum Gasteiger partial charge on any atom is -0.493 e. The summed E-state index contributed by atoms with van der Waals surface area (Å²) in [5.74, 6) is 1.29. The lowest BCUT2D eigenvalue weighted by Gasteiger charge is -2.19. The topological polar surface area (TPSA) is 38.3 Å². The highest BCUT2D eigenvalue weighted by molar-refractivity contribution is 6.21. The van der Waals surface area contributed by atoms with Gasteiger partial charge in [-0.2, -0.15) is 0 Å². The van der Waals surface area contributed by atoms with Crippen LogP contribution >= 0.6 is 11.6 Å². The Bertz CT molecular complexity index is 472. The van der Waals surface area contributed by atoms with Crippen LogP contribution in [0.5, 0.6) is 5.75 Å². The molecule has 1 atom stereocenters. The Morgan fingerprint density at radius 2 is 2.15 bits per heavy atom. The molecule has 1 amide bonds. The first-order chi connectivity index (χ1) is 9.65. The molecule has 0 saturated heterocycles. The fourth-order valence-corrected chi connectivity index (χ4v) is 3.02. The van der Waals surface area contributed by atoms with Crippen LogP contribution in [0.3, 0.4) is 0 Å². The summed E-state index contributed by atoms with van der Waals surface area (Å²) in [4.78, 5) is 12.1. The molecule has 0 aromatic heterocycles. The minimum atomic E-state index is -0.0590. The average Bonchev–Trinajstić information content (AvgIpc) is 2.93. The van der Waals surface area contributed by atoms with Crippen LogP contribution in [0.2, 0.25) is 0 Å². The van der Waals surface area contributed by atoms with Gasteiger partial charge in [-0.05, 0) is 29.7 Å². The first kappa shape index (κ1) is 15.2. The van der Waals surface area contributed by atoms with Crippen LogP contribution < -0.4 is 10.1 Å². The first-order valence-electron chi connectivity index (χ1n) is 7.33. The highest BCUT2D eigenvalue weighted by Gasteiger charge is 2.18. The fraction of sp³-hybridized carbons (Fsp3) is 0.562. The van der Waals surface area contributed by atoms with E-state index in [4.69, 9.17) is 16.3 Å². The van der Waals surface area contributed by atoms with Gasteiger partial charge in [-0.15, -0.1) is 11.6 Å². The van der Waals surface area contributed by atoms with Crippen LogP contribution in [0.25, 0.3) is 0 Å². The van der Waals surface area contributed by atoms with E-state index in [9.17, 15) is 4.79 Å². The third kappa shape index (κ3) is 3.45. The number of rotatable bonds is 6. The van der Waals surface area contributed by atoms with Crippen molar-refractivity contribution in [1.82, 2.24) is 5.32 Å². The van der Waals surface area contributed by atoms with Crippen molar-refractivity contribution in [2.45, 2.75) is 38.5 Å². The van der Waals surface area contributed by atoms with Gasteiger partial charge in [0.1, 0.15) is 5.75 Å². The Balaban J connectivity index is 1.92. The van der Waals surface area contributed by atoms with Gasteiger partial charge in [0.25, 0.3) is 5.91 Å². The molecule has 0 aliphatic carbocycles. The molecule has 1 heterocycles. The number of halogens is 1. The van der Waals surface area contributed by atoms with Gasteiger partial charge in [-0.3, -0.25) is 4.79 Å². The van der Waals surface area contributed by atoms with Gasteiger partial charge < -0.3 is 10.1 Å². The van der Waals surface area contributed by atoms with Gasteiger partial charge in [0.2, 0.25) is 0 Å². The molecule has 0 saturated carbocycles. The predicted octanol–water partition coefficient (Wildman–Crippen LogP) is 3.39. The maximum atomic E-state index is 12.1. The molecule has 0 bridgehead atoms. The SMILES string of the molecule is CCC(CC)C(Cl)CNC(=O)c1ccc2c(c1)CCO2. The summed E-state index contributed by atoms with van der Waals surface area (Å²) in [5.41, 5.74) is 1.79. The van der Waals surface area contributed by atoms with E-state index < -0.39 is 0 Å². The van der Waals surface area contributed by atoms with E-state index in [1.807, 2.05) is 12.1 Å². The number of carbonyl (C=O) groups is 1. The Labute approximate surface area is 125 Å². The molecule has 0 spiro atoms. The Kier molecular flexibility index (Phi) is 5.30. The molecule has 1 aromatic rings. The van der Waals surface area contributed by atoms with Crippen LogP contribution in [-0.2, 0) is 6.42 Å². The molecule has 3 nitrogen and oxygen atoms in total. The summed E-state index contributed by atoms with van der Waals surface area (Å²) in [7, 11) is 0. The van der Waals surface area contributed by atoms with Gasteiger partial charge >= 0.3 is 0 Å². The minimum absolute atomic E-state index is 0.00768. The lowest BCUT2D eigenvalue weighted by atomic mass is 9.99. The second-order valence-electron chi connectivity index (χ2n) is 5.22. The van der Waals surface area contributed by atoms with Gasteiger partial charge in [-0.25, -0.2) is 0 Å². The number of nitrogens with one attached hydrogen (secondary N) is 1. The number of ether oxygens (including phenoxy) is 1. The van der Waals surface area contributed by atoms with Crippen molar-refractivity contribution in [1.29, 1.82) is 0 Å². The third-order valence-corrected chi connectivity index (χ3v) is 4.48. The molecule has 4 heteroatoms. The van der Waals surface area contributed by atoms with Crippen molar-refractivity contribution >= 4 is 17.5 Å². The predicted molar refractivity (Wildman–Crippen MR) is 81.7 cm³/mol. The molecule has 1 unspecified atom stereocenters. The number of amides is 1. The molecule has 20 heavy (non-hydrogen) atoms. The number of alkyl halides is 1. The van der Waals surface area contributed by atoms with Gasteiger partial charge in [0.15, 0.2) is 0 Å². The van der Waals surface area contributed by atoms with Crippen LogP contribution in [0.15, 0.2) is 18.2 Å². The monoisotopic (exact) mass is 295 g/mol. The first-order valence-corrected chi connectivity index (χ1v) is 7.77. The number of fused-ring (bicyclic) bond motifs is 1. The summed E-state index contributed by atoms with van der Waals surface area (Å²) >= 11 is 6.34. The Hall–Kier alpha value is -1.22. The maximum absolute atomic E-state index is 12.1. The zero-order valence-corrected chi connectivity index (χ0v) is 12.9. The van der Waals surface area contributed by atoms with E-state index >= 15 is 0 Å². The van der Waals surface area contributed by atoms with Crippen molar-refractivity contribution in [3.05, 3.63) is 29.3 Å². The van der Waals surface area contributed by atoms with Crippen molar-refractivity contribution in [2.75, 3.05) is 13.2 Å². The molecule has 2 rings (SSSR count). The lowest BCUT2D eigenvalue weighted by molar-refractivity contribution is 0.0951. The summed E-state index contributed by atoms with van der Waals surface area (Å²) < 4.78 is 5.44. The standard InChI is InChI=1S/C16H22ClNO2/c1-3-11(4-2)14(17)10-18-16(19)13-5-6-15-12(9-13)7-8-20-15/h5-6,9,11,14H,3-4,7-8,10H2,1-2H3,(H,18,19). The van der Waals surface area contributed by atoms with E-state index in [0.29, 0.717) is 24.6 Å². The van der Waals surface area contributed by atoms with Crippen LogP contribution in [-0.4, -0.2) is 24.4 Å². The molecule has 0 radical (unpaired) electrons. The summed E-state index contributed by atoms with van der Waals surface area (Å²) in [5, 5.41) is 2.92. The summed E-state index contributed by atoms with van der Waals surface area (Å²) in [6, 6.07) is 5.59. The highest BCUT2D eigenvalue weighted by Crippen LogP contribution is 2.25. The third-order valence-electron chi connectivity index (χ3n) is 3.97. The van der Waals surface area contributed by atoms with E-state index in [-0.39, 0.29) is 11.3 Å². The number of hydrogen-bond acceptors (Lipinski definition) is 2. The molecule has 1 N–H and O–H groups in total. The second-order valence-corrected chi connectivity index (χ2v) is 5.78. The highest BCUT2D eigenvalue weighted by atomic mass is 35.5. The molecule has 110 valence electrons. The smallest absolute Gasteiger partial charge is 0.251 e. The average molecular weight is 296 g/mol. The molecular weight excluding hydrogens is 274 g/mol. The Morgan fingerprint density at radius 1 is 1.40 bits per heavy atom. The molecule has 1 aromatic carbocycles. The lowest BCUT2D eigenvalue weighted by Crippen LogP contribution is -2.33. The quantitative estimate of drug-likeness (QED) is 0.817. The van der Waals surface area contributed by atoms with E-state index in [0.717, 1.165) is 30.6 Å². The van der Waals surface area contributed by atoms with Gasteiger partial charge in [0, 0.05) is 18.5 Å². The summed E-state index contributed by atoms with van der Waals surface area (Å²) in [6.07, 6.45) is 2.95. The van der Waals surface area contributed by atoms with Crippen LogP contribution in [0.1, 0.15) is 42.6 Å². The molecular formula is C16H22ClNO2. The van der Waals surface area contributed by atoms with E-state index in [1.165, 1.54) is 0 Å². The van der Waals surface area contributed by atoms with Crippen molar-refractivity contribution in [3.63, 3.8) is 0 Å². The molecule has 0 fully saturated rings. The van der Waals surface area contributed by atoms with Crippen LogP contribution in [0, 0.1) is 5.92 Å². The zero-order valence-electron chi connectivity index (χ0n) is 12.1. The van der Waals surface area contributed by atoms with Gasteiger partial charge in [0.05, 0.1) is 12.0 Å². The second kappa shape index (κ2) is 6.98.